The summed E-state index contributed by atoms with van der Waals surface area (Å²) in [6.45, 7) is 4.28. The molecule has 0 aliphatic heterocycles. The Balaban J connectivity index is 2.79. The SMILES string of the molecule is Cc1cccc(NCCC(C)N)c1[N+](=O)[O-]. The number of rotatable bonds is 5. The standard InChI is InChI=1S/C11H17N3O2/c1-8-4-3-5-10(11(8)14(15)16)13-7-6-9(2)12/h3-5,9,13H,6-7,12H2,1-2H3. The van der Waals surface area contributed by atoms with Crippen molar-refractivity contribution >= 4 is 11.4 Å². The Labute approximate surface area is 94.8 Å². The summed E-state index contributed by atoms with van der Waals surface area (Å²) in [5, 5.41) is 13.9. The minimum atomic E-state index is -0.358. The van der Waals surface area contributed by atoms with Gasteiger partial charge in [-0.15, -0.1) is 0 Å². The molecule has 0 aromatic heterocycles. The molecule has 0 radical (unpaired) electrons. The molecule has 16 heavy (non-hydrogen) atoms. The highest BCUT2D eigenvalue weighted by Gasteiger charge is 2.15. The Kier molecular flexibility index (Phi) is 4.25. The number of nitrogens with two attached hydrogens (primary N) is 1. The quantitative estimate of drug-likeness (QED) is 0.591. The number of hydrogen-bond donors (Lipinski definition) is 2. The number of nitro groups is 1. The molecule has 1 atom stereocenters. The minimum absolute atomic E-state index is 0.0939. The molecule has 1 rings (SSSR count). The van der Waals surface area contributed by atoms with E-state index in [1.165, 1.54) is 0 Å². The van der Waals surface area contributed by atoms with Gasteiger partial charge in [0.25, 0.3) is 5.69 Å². The molecule has 3 N–H and O–H groups in total. The van der Waals surface area contributed by atoms with Crippen molar-refractivity contribution in [1.82, 2.24) is 0 Å². The zero-order valence-electron chi connectivity index (χ0n) is 9.56. The monoisotopic (exact) mass is 223 g/mol. The molecule has 0 saturated carbocycles. The van der Waals surface area contributed by atoms with Crippen LogP contribution in [-0.4, -0.2) is 17.5 Å². The van der Waals surface area contributed by atoms with Crippen molar-refractivity contribution < 1.29 is 4.92 Å². The zero-order chi connectivity index (χ0) is 12.1. The van der Waals surface area contributed by atoms with Crippen LogP contribution in [0.2, 0.25) is 0 Å². The van der Waals surface area contributed by atoms with Crippen molar-refractivity contribution in [2.75, 3.05) is 11.9 Å². The lowest BCUT2D eigenvalue weighted by Gasteiger charge is -2.09. The highest BCUT2D eigenvalue weighted by atomic mass is 16.6. The van der Waals surface area contributed by atoms with E-state index in [2.05, 4.69) is 5.32 Å². The first-order valence-electron chi connectivity index (χ1n) is 5.26. The summed E-state index contributed by atoms with van der Waals surface area (Å²) in [6.07, 6.45) is 0.783. The Morgan fingerprint density at radius 2 is 2.25 bits per heavy atom. The Hall–Kier alpha value is -1.62. The number of nitrogens with one attached hydrogen (secondary N) is 1. The lowest BCUT2D eigenvalue weighted by Crippen LogP contribution is -2.19. The van der Waals surface area contributed by atoms with Crippen LogP contribution in [-0.2, 0) is 0 Å². The van der Waals surface area contributed by atoms with E-state index in [0.29, 0.717) is 17.8 Å². The average molecular weight is 223 g/mol. The van der Waals surface area contributed by atoms with Gasteiger partial charge < -0.3 is 11.1 Å². The summed E-state index contributed by atoms with van der Waals surface area (Å²) < 4.78 is 0. The molecule has 0 fully saturated rings. The summed E-state index contributed by atoms with van der Waals surface area (Å²) in [7, 11) is 0. The molecule has 5 nitrogen and oxygen atoms in total. The number of hydrogen-bond acceptors (Lipinski definition) is 4. The van der Waals surface area contributed by atoms with E-state index >= 15 is 0 Å². The zero-order valence-corrected chi connectivity index (χ0v) is 9.56. The van der Waals surface area contributed by atoms with Gasteiger partial charge in [0, 0.05) is 18.2 Å². The number of benzene rings is 1. The van der Waals surface area contributed by atoms with Crippen molar-refractivity contribution in [2.45, 2.75) is 26.3 Å². The molecule has 0 aliphatic rings. The van der Waals surface area contributed by atoms with Crippen LogP contribution in [0.25, 0.3) is 0 Å². The van der Waals surface area contributed by atoms with Gasteiger partial charge in [0.2, 0.25) is 0 Å². The van der Waals surface area contributed by atoms with Crippen molar-refractivity contribution in [3.8, 4) is 0 Å². The minimum Gasteiger partial charge on any atom is -0.379 e. The maximum Gasteiger partial charge on any atom is 0.295 e. The Morgan fingerprint density at radius 1 is 1.56 bits per heavy atom. The molecule has 0 amide bonds. The van der Waals surface area contributed by atoms with Gasteiger partial charge in [0.15, 0.2) is 0 Å². The predicted molar refractivity (Wildman–Crippen MR) is 64.6 cm³/mol. The first-order chi connectivity index (χ1) is 7.52. The van der Waals surface area contributed by atoms with Crippen molar-refractivity contribution in [1.29, 1.82) is 0 Å². The molecule has 0 heterocycles. The van der Waals surface area contributed by atoms with Crippen molar-refractivity contribution in [2.24, 2.45) is 5.73 Å². The fourth-order valence-electron chi connectivity index (χ4n) is 1.48. The topological polar surface area (TPSA) is 81.2 Å². The van der Waals surface area contributed by atoms with Gasteiger partial charge in [-0.25, -0.2) is 0 Å². The predicted octanol–water partition coefficient (Wildman–Crippen LogP) is 2.05. The van der Waals surface area contributed by atoms with Crippen LogP contribution in [0.4, 0.5) is 11.4 Å². The van der Waals surface area contributed by atoms with E-state index in [0.717, 1.165) is 6.42 Å². The van der Waals surface area contributed by atoms with Gasteiger partial charge in [-0.1, -0.05) is 12.1 Å². The van der Waals surface area contributed by atoms with Crippen LogP contribution in [0.3, 0.4) is 0 Å². The van der Waals surface area contributed by atoms with Gasteiger partial charge in [-0.2, -0.15) is 0 Å². The average Bonchev–Trinajstić information content (AvgIpc) is 2.16. The van der Waals surface area contributed by atoms with Crippen LogP contribution < -0.4 is 11.1 Å². The second-order valence-electron chi connectivity index (χ2n) is 3.92. The summed E-state index contributed by atoms with van der Waals surface area (Å²) in [6, 6.07) is 5.34. The molecule has 5 heteroatoms. The first-order valence-corrected chi connectivity index (χ1v) is 5.26. The molecule has 0 bridgehead atoms. The van der Waals surface area contributed by atoms with E-state index in [9.17, 15) is 10.1 Å². The maximum absolute atomic E-state index is 10.9. The molecule has 88 valence electrons. The largest absolute Gasteiger partial charge is 0.379 e. The van der Waals surface area contributed by atoms with Crippen molar-refractivity contribution in [3.63, 3.8) is 0 Å². The third-order valence-corrected chi connectivity index (χ3v) is 2.34. The second kappa shape index (κ2) is 5.46. The lowest BCUT2D eigenvalue weighted by molar-refractivity contribution is -0.384. The fourth-order valence-corrected chi connectivity index (χ4v) is 1.48. The van der Waals surface area contributed by atoms with Gasteiger partial charge in [-0.3, -0.25) is 10.1 Å². The summed E-state index contributed by atoms with van der Waals surface area (Å²) in [5.41, 5.74) is 6.98. The number of nitrogens with zero attached hydrogens (tertiary/aromatic N) is 1. The van der Waals surface area contributed by atoms with Crippen LogP contribution >= 0.6 is 0 Å². The van der Waals surface area contributed by atoms with Crippen LogP contribution in [0, 0.1) is 17.0 Å². The van der Waals surface area contributed by atoms with E-state index in [1.54, 1.807) is 25.1 Å². The van der Waals surface area contributed by atoms with E-state index in [1.807, 2.05) is 6.92 Å². The third-order valence-electron chi connectivity index (χ3n) is 2.34. The van der Waals surface area contributed by atoms with E-state index in [4.69, 9.17) is 5.73 Å². The van der Waals surface area contributed by atoms with Crippen molar-refractivity contribution in [3.05, 3.63) is 33.9 Å². The molecule has 1 aromatic carbocycles. The van der Waals surface area contributed by atoms with Gasteiger partial charge in [0.1, 0.15) is 5.69 Å². The number of anilines is 1. The van der Waals surface area contributed by atoms with E-state index < -0.39 is 0 Å². The third kappa shape index (κ3) is 3.20. The Morgan fingerprint density at radius 3 is 2.81 bits per heavy atom. The van der Waals surface area contributed by atoms with Crippen LogP contribution in [0.1, 0.15) is 18.9 Å². The number of para-hydroxylation sites is 1. The fraction of sp³-hybridized carbons (Fsp3) is 0.455. The second-order valence-corrected chi connectivity index (χ2v) is 3.92. The Bertz CT molecular complexity index is 377. The smallest absolute Gasteiger partial charge is 0.295 e. The van der Waals surface area contributed by atoms with E-state index in [-0.39, 0.29) is 16.7 Å². The molecule has 0 spiro atoms. The number of nitro benzene ring substituents is 1. The molecule has 1 aromatic rings. The highest BCUT2D eigenvalue weighted by molar-refractivity contribution is 5.64. The van der Waals surface area contributed by atoms with Crippen LogP contribution in [0.5, 0.6) is 0 Å². The van der Waals surface area contributed by atoms with Crippen LogP contribution in [0.15, 0.2) is 18.2 Å². The molecular formula is C11H17N3O2. The van der Waals surface area contributed by atoms with Gasteiger partial charge >= 0.3 is 0 Å². The maximum atomic E-state index is 10.9. The van der Waals surface area contributed by atoms with Gasteiger partial charge in [0.05, 0.1) is 4.92 Å². The number of aryl methyl sites for hydroxylation is 1. The molecule has 1 unspecified atom stereocenters. The molecular weight excluding hydrogens is 206 g/mol. The summed E-state index contributed by atoms with van der Waals surface area (Å²) in [5.74, 6) is 0. The normalized spacial score (nSPS) is 12.2. The summed E-state index contributed by atoms with van der Waals surface area (Å²) >= 11 is 0. The van der Waals surface area contributed by atoms with Gasteiger partial charge in [-0.05, 0) is 26.3 Å². The first kappa shape index (κ1) is 12.4. The highest BCUT2D eigenvalue weighted by Crippen LogP contribution is 2.27. The lowest BCUT2D eigenvalue weighted by atomic mass is 10.1. The molecule has 0 aliphatic carbocycles. The molecule has 0 saturated heterocycles. The summed E-state index contributed by atoms with van der Waals surface area (Å²) in [4.78, 5) is 10.5.